The topological polar surface area (TPSA) is 59.0 Å². The molecule has 2 aromatic carbocycles. The third kappa shape index (κ3) is 4.33. The van der Waals surface area contributed by atoms with Crippen LogP contribution >= 0.6 is 0 Å². The third-order valence-corrected chi connectivity index (χ3v) is 6.84. The fraction of sp³-hybridized carbons (Fsp3) is 0.423. The molecule has 0 unspecified atom stereocenters. The first-order valence-corrected chi connectivity index (χ1v) is 11.0. The molecule has 1 N–H and O–H groups in total. The summed E-state index contributed by atoms with van der Waals surface area (Å²) in [5.41, 5.74) is 1.19. The van der Waals surface area contributed by atoms with Gasteiger partial charge in [-0.3, -0.25) is 4.79 Å². The Morgan fingerprint density at radius 1 is 1.06 bits per heavy atom. The Balaban J connectivity index is 1.65. The highest BCUT2D eigenvalue weighted by Crippen LogP contribution is 2.50. The maximum Gasteiger partial charge on any atom is 0.247 e. The fourth-order valence-corrected chi connectivity index (χ4v) is 5.20. The highest BCUT2D eigenvalue weighted by molar-refractivity contribution is 5.92. The number of fused-ring (bicyclic) bond motifs is 1. The molecule has 0 radical (unpaired) electrons. The Morgan fingerprint density at radius 3 is 2.58 bits per heavy atom. The lowest BCUT2D eigenvalue weighted by atomic mass is 9.66. The lowest BCUT2D eigenvalue weighted by Crippen LogP contribution is -2.56. The second-order valence-corrected chi connectivity index (χ2v) is 8.53. The van der Waals surface area contributed by atoms with Gasteiger partial charge in [0, 0.05) is 24.1 Å². The molecule has 0 bridgehead atoms. The van der Waals surface area contributed by atoms with Crippen molar-refractivity contribution >= 4 is 12.0 Å². The molecule has 31 heavy (non-hydrogen) atoms. The van der Waals surface area contributed by atoms with Crippen LogP contribution in [0.15, 0.2) is 54.6 Å². The number of likely N-dealkylation sites (tertiary alicyclic amines) is 1. The maximum absolute atomic E-state index is 13.3. The van der Waals surface area contributed by atoms with Crippen molar-refractivity contribution in [3.05, 3.63) is 65.7 Å². The summed E-state index contributed by atoms with van der Waals surface area (Å²) in [5.74, 6) is 1.51. The average molecular weight is 422 g/mol. The van der Waals surface area contributed by atoms with Gasteiger partial charge in [0.15, 0.2) is 0 Å². The van der Waals surface area contributed by atoms with Crippen LogP contribution in [0.25, 0.3) is 6.08 Å². The number of para-hydroxylation sites is 1. The Labute approximate surface area is 184 Å². The lowest BCUT2D eigenvalue weighted by molar-refractivity contribution is -0.151. The summed E-state index contributed by atoms with van der Waals surface area (Å²) in [5, 5.41) is 11.4. The second-order valence-electron chi connectivity index (χ2n) is 8.53. The molecule has 164 valence electrons. The highest BCUT2D eigenvalue weighted by Gasteiger charge is 2.50. The van der Waals surface area contributed by atoms with E-state index in [1.807, 2.05) is 59.5 Å². The number of methoxy groups -OCH3 is 2. The van der Waals surface area contributed by atoms with Crippen LogP contribution in [0.1, 0.15) is 49.3 Å². The van der Waals surface area contributed by atoms with Crippen molar-refractivity contribution in [2.45, 2.75) is 43.7 Å². The van der Waals surface area contributed by atoms with E-state index >= 15 is 0 Å². The predicted molar refractivity (Wildman–Crippen MR) is 121 cm³/mol. The van der Waals surface area contributed by atoms with Crippen molar-refractivity contribution in [1.82, 2.24) is 4.90 Å². The number of hydrogen-bond acceptors (Lipinski definition) is 4. The number of aliphatic hydroxyl groups is 1. The molecule has 2 aliphatic rings. The first kappa shape index (κ1) is 21.4. The Hall–Kier alpha value is -2.79. The Kier molecular flexibility index (Phi) is 6.33. The van der Waals surface area contributed by atoms with Gasteiger partial charge in [-0.1, -0.05) is 43.2 Å². The van der Waals surface area contributed by atoms with Crippen LogP contribution in [0.2, 0.25) is 0 Å². The molecule has 2 aromatic rings. The fourth-order valence-electron chi connectivity index (χ4n) is 5.20. The molecule has 1 aliphatic carbocycles. The summed E-state index contributed by atoms with van der Waals surface area (Å²) in [4.78, 5) is 15.3. The quantitative estimate of drug-likeness (QED) is 0.716. The minimum absolute atomic E-state index is 0.00429. The van der Waals surface area contributed by atoms with Gasteiger partial charge in [0.05, 0.1) is 25.9 Å². The lowest BCUT2D eigenvalue weighted by Gasteiger charge is -2.52. The third-order valence-electron chi connectivity index (χ3n) is 6.84. The number of benzene rings is 2. The van der Waals surface area contributed by atoms with E-state index in [0.29, 0.717) is 13.0 Å². The van der Waals surface area contributed by atoms with Crippen LogP contribution in [0.3, 0.4) is 0 Å². The molecule has 3 atom stereocenters. The molecule has 2 fully saturated rings. The molecule has 0 spiro atoms. The summed E-state index contributed by atoms with van der Waals surface area (Å²) >= 11 is 0. The summed E-state index contributed by atoms with van der Waals surface area (Å²) in [7, 11) is 3.29. The van der Waals surface area contributed by atoms with E-state index in [-0.39, 0.29) is 17.9 Å². The largest absolute Gasteiger partial charge is 0.497 e. The average Bonchev–Trinajstić information content (AvgIpc) is 2.81. The number of rotatable bonds is 5. The van der Waals surface area contributed by atoms with Crippen molar-refractivity contribution < 1.29 is 19.4 Å². The number of nitrogens with zero attached hydrogens (tertiary/aromatic N) is 1. The van der Waals surface area contributed by atoms with Gasteiger partial charge in [-0.05, 0) is 49.1 Å². The van der Waals surface area contributed by atoms with E-state index in [1.54, 1.807) is 20.3 Å². The highest BCUT2D eigenvalue weighted by atomic mass is 16.5. The van der Waals surface area contributed by atoms with Crippen LogP contribution in [-0.2, 0) is 4.79 Å². The summed E-state index contributed by atoms with van der Waals surface area (Å²) in [6.45, 7) is 0.529. The van der Waals surface area contributed by atoms with E-state index in [1.165, 1.54) is 0 Å². The van der Waals surface area contributed by atoms with Gasteiger partial charge in [-0.2, -0.15) is 0 Å². The van der Waals surface area contributed by atoms with E-state index in [2.05, 4.69) is 0 Å². The molecule has 1 saturated carbocycles. The monoisotopic (exact) mass is 421 g/mol. The molecule has 1 aliphatic heterocycles. The predicted octanol–water partition coefficient (Wildman–Crippen LogP) is 4.61. The summed E-state index contributed by atoms with van der Waals surface area (Å²) in [6.07, 6.45) is 7.91. The molecule has 5 heteroatoms. The zero-order valence-electron chi connectivity index (χ0n) is 18.3. The van der Waals surface area contributed by atoms with Crippen LogP contribution in [0, 0.1) is 5.92 Å². The molecular weight excluding hydrogens is 390 g/mol. The number of hydrogen-bond donors (Lipinski definition) is 1. The van der Waals surface area contributed by atoms with Gasteiger partial charge in [0.25, 0.3) is 0 Å². The van der Waals surface area contributed by atoms with Crippen molar-refractivity contribution in [2.24, 2.45) is 5.92 Å². The van der Waals surface area contributed by atoms with Gasteiger partial charge in [-0.25, -0.2) is 0 Å². The van der Waals surface area contributed by atoms with Gasteiger partial charge >= 0.3 is 0 Å². The van der Waals surface area contributed by atoms with Crippen molar-refractivity contribution in [3.63, 3.8) is 0 Å². The first-order valence-electron chi connectivity index (χ1n) is 11.0. The van der Waals surface area contributed by atoms with Gasteiger partial charge in [0.1, 0.15) is 11.5 Å². The molecule has 1 heterocycles. The smallest absolute Gasteiger partial charge is 0.247 e. The minimum Gasteiger partial charge on any atom is -0.497 e. The van der Waals surface area contributed by atoms with E-state index in [4.69, 9.17) is 9.47 Å². The van der Waals surface area contributed by atoms with E-state index < -0.39 is 5.60 Å². The Morgan fingerprint density at radius 2 is 1.84 bits per heavy atom. The molecule has 1 saturated heterocycles. The van der Waals surface area contributed by atoms with Crippen LogP contribution in [0.5, 0.6) is 11.5 Å². The second kappa shape index (κ2) is 9.15. The number of carbonyl (C=O) groups is 1. The van der Waals surface area contributed by atoms with Crippen LogP contribution < -0.4 is 9.47 Å². The zero-order valence-corrected chi connectivity index (χ0v) is 18.3. The number of ether oxygens (including phenoxy) is 2. The Bertz CT molecular complexity index is 939. The maximum atomic E-state index is 13.3. The van der Waals surface area contributed by atoms with Crippen molar-refractivity contribution in [3.8, 4) is 11.5 Å². The number of piperidine rings is 1. The molecule has 0 aromatic heterocycles. The van der Waals surface area contributed by atoms with Crippen molar-refractivity contribution in [2.75, 3.05) is 20.8 Å². The van der Waals surface area contributed by atoms with Gasteiger partial charge in [0.2, 0.25) is 5.91 Å². The number of carbonyl (C=O) groups excluding carboxylic acids is 1. The van der Waals surface area contributed by atoms with Crippen molar-refractivity contribution in [1.29, 1.82) is 0 Å². The summed E-state index contributed by atoms with van der Waals surface area (Å²) in [6, 6.07) is 15.3. The number of amides is 1. The standard InChI is InChI=1S/C26H31NO4/c1-30-20-13-10-19(11-14-20)12-15-24(28)27-18-17-26(29)16-6-5-8-22(26)25(27)21-7-3-4-9-23(21)31-2/h3-4,7,9-15,22,25,29H,5-6,8,16-18H2,1-2H3/b15-12+/t22-,25-,26+/m0/s1. The zero-order chi connectivity index (χ0) is 21.8. The van der Waals surface area contributed by atoms with Crippen LogP contribution in [0.4, 0.5) is 0 Å². The first-order chi connectivity index (χ1) is 15.1. The van der Waals surface area contributed by atoms with E-state index in [9.17, 15) is 9.90 Å². The molecule has 1 amide bonds. The molecule has 5 nitrogen and oxygen atoms in total. The molecule has 4 rings (SSSR count). The normalized spacial score (nSPS) is 25.8. The minimum atomic E-state index is -0.722. The molecular formula is C26H31NO4. The summed E-state index contributed by atoms with van der Waals surface area (Å²) < 4.78 is 10.8. The SMILES string of the molecule is COc1ccc(/C=C/C(=O)N2CC[C@]3(O)CCCC[C@H]3[C@@H]2c2ccccc2OC)cc1. The van der Waals surface area contributed by atoms with Crippen LogP contribution in [-0.4, -0.2) is 42.3 Å². The van der Waals surface area contributed by atoms with Gasteiger partial charge < -0.3 is 19.5 Å². The van der Waals surface area contributed by atoms with E-state index in [0.717, 1.165) is 48.3 Å². The van der Waals surface area contributed by atoms with Gasteiger partial charge in [-0.15, -0.1) is 0 Å².